The van der Waals surface area contributed by atoms with E-state index in [1.165, 1.54) is 23.3 Å². The lowest BCUT2D eigenvalue weighted by molar-refractivity contribution is -0.116. The van der Waals surface area contributed by atoms with Crippen molar-refractivity contribution in [3.05, 3.63) is 64.8 Å². The summed E-state index contributed by atoms with van der Waals surface area (Å²) in [7, 11) is 6.65. The Balaban J connectivity index is 1.02. The van der Waals surface area contributed by atoms with Crippen molar-refractivity contribution >= 4 is 68.3 Å². The van der Waals surface area contributed by atoms with Gasteiger partial charge in [0.05, 0.1) is 35.5 Å². The average molecular weight is 658 g/mol. The van der Waals surface area contributed by atoms with Crippen LogP contribution in [-0.4, -0.2) is 91.3 Å². The predicted octanol–water partition coefficient (Wildman–Crippen LogP) is 4.09. The van der Waals surface area contributed by atoms with Gasteiger partial charge in [0.1, 0.15) is 11.9 Å². The summed E-state index contributed by atoms with van der Waals surface area (Å²) in [5, 5.41) is 9.84. The van der Waals surface area contributed by atoms with Gasteiger partial charge in [0.25, 0.3) is 17.7 Å². The number of fused-ring (bicyclic) bond motifs is 3. The second-order valence-electron chi connectivity index (χ2n) is 11.4. The quantitative estimate of drug-likeness (QED) is 0.218. The summed E-state index contributed by atoms with van der Waals surface area (Å²) in [5.41, 5.74) is 2.40. The summed E-state index contributed by atoms with van der Waals surface area (Å²) in [5.74, 6) is 0.0959. The number of rotatable bonds is 10. The van der Waals surface area contributed by atoms with Gasteiger partial charge in [0.15, 0.2) is 11.5 Å². The third-order valence-corrected chi connectivity index (χ3v) is 8.99. The second kappa shape index (κ2) is 13.3. The largest absolute Gasteiger partial charge is 0.493 e. The van der Waals surface area contributed by atoms with Crippen molar-refractivity contribution in [1.82, 2.24) is 19.7 Å². The molecule has 2 aliphatic heterocycles. The molecule has 4 aromatic rings. The maximum Gasteiger partial charge on any atom is 0.272 e. The molecule has 244 valence electrons. The van der Waals surface area contributed by atoms with E-state index in [9.17, 15) is 19.2 Å². The molecule has 0 radical (unpaired) electrons. The summed E-state index contributed by atoms with van der Waals surface area (Å²) in [6, 6.07) is 12.3. The third kappa shape index (κ3) is 6.69. The fourth-order valence-corrected chi connectivity index (χ4v) is 6.55. The van der Waals surface area contributed by atoms with Gasteiger partial charge in [0.2, 0.25) is 5.91 Å². The summed E-state index contributed by atoms with van der Waals surface area (Å²) >= 11 is 1.40. The number of thiophene rings is 1. The number of aryl methyl sites for hydroxylation is 1. The molecule has 0 bridgehead atoms. The first-order chi connectivity index (χ1) is 22.6. The number of nitrogens with one attached hydrogen (secondary N) is 3. The van der Waals surface area contributed by atoms with Crippen molar-refractivity contribution in [3.63, 3.8) is 0 Å². The molecular weight excluding hydrogens is 622 g/mol. The fourth-order valence-electron chi connectivity index (χ4n) is 5.49. The molecule has 1 fully saturated rings. The Kier molecular flexibility index (Phi) is 8.96. The Morgan fingerprint density at radius 1 is 1.09 bits per heavy atom. The minimum Gasteiger partial charge on any atom is -0.493 e. The molecule has 13 nitrogen and oxygen atoms in total. The molecule has 14 heteroatoms. The van der Waals surface area contributed by atoms with Crippen LogP contribution in [-0.2, 0) is 11.8 Å². The van der Waals surface area contributed by atoms with E-state index in [0.717, 1.165) is 10.1 Å². The number of methoxy groups -OCH3 is 1. The van der Waals surface area contributed by atoms with Gasteiger partial charge in [-0.1, -0.05) is 0 Å². The normalized spacial score (nSPS) is 15.2. The van der Waals surface area contributed by atoms with E-state index < -0.39 is 0 Å². The first-order valence-electron chi connectivity index (χ1n) is 15.1. The topological polar surface area (TPSA) is 147 Å². The van der Waals surface area contributed by atoms with E-state index in [2.05, 4.69) is 20.9 Å². The van der Waals surface area contributed by atoms with Gasteiger partial charge in [-0.15, -0.1) is 11.3 Å². The lowest BCUT2D eigenvalue weighted by Crippen LogP contribution is -2.40. The minimum absolute atomic E-state index is 0.0695. The van der Waals surface area contributed by atoms with Crippen LogP contribution in [0.5, 0.6) is 11.5 Å². The maximum absolute atomic E-state index is 13.1. The van der Waals surface area contributed by atoms with E-state index in [1.54, 1.807) is 67.3 Å². The molecule has 6 rings (SSSR count). The second-order valence-corrected chi connectivity index (χ2v) is 12.5. The van der Waals surface area contributed by atoms with Crippen LogP contribution in [0.15, 0.2) is 53.7 Å². The first-order valence-corrected chi connectivity index (χ1v) is 15.9. The highest BCUT2D eigenvalue weighted by atomic mass is 32.1. The number of anilines is 2. The highest BCUT2D eigenvalue weighted by Crippen LogP contribution is 2.37. The van der Waals surface area contributed by atoms with Crippen molar-refractivity contribution in [1.29, 1.82) is 0 Å². The molecule has 0 unspecified atom stereocenters. The van der Waals surface area contributed by atoms with Crippen LogP contribution >= 0.6 is 11.3 Å². The first kappa shape index (κ1) is 31.8. The summed E-state index contributed by atoms with van der Waals surface area (Å²) in [6.45, 7) is 1.55. The highest BCUT2D eigenvalue weighted by Gasteiger charge is 2.32. The van der Waals surface area contributed by atoms with Gasteiger partial charge in [-0.25, -0.2) is 0 Å². The van der Waals surface area contributed by atoms with Gasteiger partial charge in [-0.2, -0.15) is 0 Å². The van der Waals surface area contributed by atoms with Crippen LogP contribution < -0.4 is 25.4 Å². The number of carbonyl (C=O) groups is 4. The number of ether oxygens (including phenoxy) is 2. The lowest BCUT2D eigenvalue weighted by atomic mass is 10.1. The number of benzene rings is 2. The van der Waals surface area contributed by atoms with Crippen molar-refractivity contribution < 1.29 is 28.7 Å². The Labute approximate surface area is 275 Å². The lowest BCUT2D eigenvalue weighted by Gasteiger charge is -2.19. The van der Waals surface area contributed by atoms with Crippen molar-refractivity contribution in [3.8, 4) is 11.5 Å². The van der Waals surface area contributed by atoms with Crippen LogP contribution in [0, 0.1) is 0 Å². The maximum atomic E-state index is 13.1. The molecule has 3 N–H and O–H groups in total. The number of nitrogens with zero attached hydrogens (tertiary/aromatic N) is 4. The van der Waals surface area contributed by atoms with Crippen LogP contribution in [0.1, 0.15) is 43.4 Å². The van der Waals surface area contributed by atoms with Gasteiger partial charge in [-0.3, -0.25) is 29.5 Å². The third-order valence-electron chi connectivity index (χ3n) is 7.89. The van der Waals surface area contributed by atoms with E-state index in [4.69, 9.17) is 9.47 Å². The zero-order valence-electron chi connectivity index (χ0n) is 26.5. The molecule has 0 saturated carbocycles. The zero-order chi connectivity index (χ0) is 33.2. The molecule has 1 saturated heterocycles. The van der Waals surface area contributed by atoms with E-state index >= 15 is 0 Å². The monoisotopic (exact) mass is 657 g/mol. The minimum atomic E-state index is -0.335. The van der Waals surface area contributed by atoms with Crippen LogP contribution in [0.2, 0.25) is 0 Å². The number of carbonyl (C=O) groups excluding carboxylic acids is 4. The van der Waals surface area contributed by atoms with Crippen LogP contribution in [0.25, 0.3) is 10.1 Å². The number of hydrogen-bond donors (Lipinski definition) is 3. The van der Waals surface area contributed by atoms with Crippen LogP contribution in [0.4, 0.5) is 17.1 Å². The summed E-state index contributed by atoms with van der Waals surface area (Å²) in [6.07, 6.45) is 3.75. The van der Waals surface area contributed by atoms with E-state index in [0.29, 0.717) is 64.2 Å². The molecule has 47 heavy (non-hydrogen) atoms. The molecule has 1 atom stereocenters. The highest BCUT2D eigenvalue weighted by molar-refractivity contribution is 7.20. The Morgan fingerprint density at radius 2 is 1.91 bits per heavy atom. The summed E-state index contributed by atoms with van der Waals surface area (Å²) in [4.78, 5) is 59.5. The van der Waals surface area contributed by atoms with E-state index in [-0.39, 0.29) is 42.8 Å². The number of hydrogen-bond acceptors (Lipinski definition) is 9. The molecule has 4 heterocycles. The van der Waals surface area contributed by atoms with Crippen molar-refractivity contribution in [2.24, 2.45) is 12.0 Å². The van der Waals surface area contributed by atoms with Gasteiger partial charge in [0, 0.05) is 69.5 Å². The molecule has 0 spiro atoms. The fraction of sp³-hybridized carbons (Fsp3) is 0.303. The Bertz CT molecular complexity index is 1910. The molecule has 0 aliphatic carbocycles. The molecule has 2 aliphatic rings. The molecule has 2 aromatic carbocycles. The van der Waals surface area contributed by atoms with Gasteiger partial charge < -0.3 is 34.5 Å². The van der Waals surface area contributed by atoms with Crippen molar-refractivity contribution in [2.45, 2.75) is 19.0 Å². The standard InChI is InChI=1S/C33H35N7O6S/c1-38(2)33(44)28-13-19-12-20(7-8-27(19)47-28)37-31(42)24-14-21(18-39(24)3)36-30(41)6-5-11-46-26-16-23-22(15-25(26)45-4)32(43)40-10-9-34-29(40)17-35-23/h7-8,12-18,29,34H,5-6,9-11H2,1-4H3,(H,36,41)(H,37,42)/t29-/m0/s1. The number of aliphatic imine (C=N–C) groups is 1. The SMILES string of the molecule is COc1cc2c(cc1OCCCC(=O)Nc1cc(C(=O)Nc3ccc4sc(C(=O)N(C)C)cc4c3)n(C)c1)N=C[C@H]1NCCN1C2=O. The molecule has 2 aromatic heterocycles. The number of aromatic nitrogens is 1. The smallest absolute Gasteiger partial charge is 0.272 e. The summed E-state index contributed by atoms with van der Waals surface area (Å²) < 4.78 is 14.0. The van der Waals surface area contributed by atoms with E-state index in [1.807, 2.05) is 18.2 Å². The zero-order valence-corrected chi connectivity index (χ0v) is 27.3. The van der Waals surface area contributed by atoms with Crippen LogP contribution in [0.3, 0.4) is 0 Å². The Hall–Kier alpha value is -5.21. The Morgan fingerprint density at radius 3 is 2.70 bits per heavy atom. The van der Waals surface area contributed by atoms with Gasteiger partial charge >= 0.3 is 0 Å². The molecule has 4 amide bonds. The molecular formula is C33H35N7O6S. The number of amides is 4. The van der Waals surface area contributed by atoms with Gasteiger partial charge in [-0.05, 0) is 48.2 Å². The predicted molar refractivity (Wildman–Crippen MR) is 181 cm³/mol. The average Bonchev–Trinajstić information content (AvgIpc) is 3.77. The van der Waals surface area contributed by atoms with Crippen molar-refractivity contribution in [2.75, 3.05) is 51.5 Å².